The minimum atomic E-state index is -0.427. The van der Waals surface area contributed by atoms with E-state index in [-0.39, 0.29) is 10.8 Å². The Kier molecular flexibility index (Phi) is 19.0. The number of benzene rings is 17. The van der Waals surface area contributed by atoms with Crippen LogP contribution in [0.1, 0.15) is 79.0 Å². The van der Waals surface area contributed by atoms with Crippen molar-refractivity contribution < 1.29 is 0 Å². The second-order valence-corrected chi connectivity index (χ2v) is 34.6. The van der Waals surface area contributed by atoms with Gasteiger partial charge in [0.25, 0.3) is 0 Å². The van der Waals surface area contributed by atoms with Gasteiger partial charge in [-0.2, -0.15) is 0 Å². The highest BCUT2D eigenvalue weighted by Crippen LogP contribution is 2.55. The maximum atomic E-state index is 2.64. The van der Waals surface area contributed by atoms with Gasteiger partial charge in [0, 0.05) is 77.9 Å². The van der Waals surface area contributed by atoms with Gasteiger partial charge in [-0.25, -0.2) is 0 Å². The fraction of sp³-hybridized carbons (Fsp3) is 0.105. The second-order valence-electron chi connectivity index (χ2n) is 34.6. The highest BCUT2D eigenvalue weighted by molar-refractivity contribution is 6.11. The van der Waals surface area contributed by atoms with E-state index in [4.69, 9.17) is 0 Å². The molecule has 4 heteroatoms. The van der Waals surface area contributed by atoms with Crippen LogP contribution in [0.4, 0.5) is 34.1 Å². The lowest BCUT2D eigenvalue weighted by atomic mass is 9.81. The molecule has 0 saturated heterocycles. The Labute approximate surface area is 694 Å². The largest absolute Gasteiger partial charge is 0.309 e. The molecule has 0 atom stereocenters. The Morgan fingerprint density at radius 1 is 0.178 bits per heavy atom. The SMILES string of the molecule is CC(C)(C)c1cc(N(c2cccc(-n3c4ccccc4c4ccccc43)c2)c2c(-c3cccc(-c4ccccc4)c3)cc(C(C)(C)C)cc2-c2cccc(-c3ccccc3)c2)cc(N(c2cccc(-n3c4ccccc4c4ccccc43)c2)c2c(-c3cccc(-c4ccccc4)c3)cc(C(C)(C)C)cc2-c2cccc(-c3ccccc3)c2)c1. The highest BCUT2D eigenvalue weighted by Gasteiger charge is 2.33. The quantitative estimate of drug-likeness (QED) is 0.0959. The van der Waals surface area contributed by atoms with Crippen molar-refractivity contribution in [3.63, 3.8) is 0 Å². The molecule has 19 rings (SSSR count). The lowest BCUT2D eigenvalue weighted by Gasteiger charge is -2.36. The predicted octanol–water partition coefficient (Wildman–Crippen LogP) is 32.0. The van der Waals surface area contributed by atoms with Crippen LogP contribution in [0.5, 0.6) is 0 Å². The van der Waals surface area contributed by atoms with Crippen molar-refractivity contribution in [3.05, 3.63) is 423 Å². The Balaban J connectivity index is 0.980. The summed E-state index contributed by atoms with van der Waals surface area (Å²) in [5.41, 5.74) is 33.3. The summed E-state index contributed by atoms with van der Waals surface area (Å²) in [6.45, 7) is 21.3. The van der Waals surface area contributed by atoms with Crippen LogP contribution in [-0.2, 0) is 16.2 Å². The zero-order chi connectivity index (χ0) is 80.4. The molecule has 0 saturated carbocycles. The predicted molar refractivity (Wildman–Crippen MR) is 504 cm³/mol. The molecular weight excluding hydrogens is 1430 g/mol. The first kappa shape index (κ1) is 74.1. The lowest BCUT2D eigenvalue weighted by Crippen LogP contribution is -2.20. The monoisotopic (exact) mass is 1520 g/mol. The molecular formula is C114H94N4. The molecule has 0 N–H and O–H groups in total. The topological polar surface area (TPSA) is 16.3 Å². The van der Waals surface area contributed by atoms with Crippen molar-refractivity contribution in [1.82, 2.24) is 9.13 Å². The van der Waals surface area contributed by atoms with Gasteiger partial charge in [-0.15, -0.1) is 0 Å². The number of anilines is 6. The van der Waals surface area contributed by atoms with Gasteiger partial charge >= 0.3 is 0 Å². The Morgan fingerprint density at radius 2 is 0.407 bits per heavy atom. The zero-order valence-electron chi connectivity index (χ0n) is 68.5. The van der Waals surface area contributed by atoms with E-state index >= 15 is 0 Å². The van der Waals surface area contributed by atoms with Crippen molar-refractivity contribution in [2.24, 2.45) is 0 Å². The molecule has 0 bridgehead atoms. The molecule has 19 aromatic rings. The summed E-state index contributed by atoms with van der Waals surface area (Å²) >= 11 is 0. The first-order valence-electron chi connectivity index (χ1n) is 41.4. The molecule has 4 nitrogen and oxygen atoms in total. The first-order chi connectivity index (χ1) is 57.4. The number of fused-ring (bicyclic) bond motifs is 6. The van der Waals surface area contributed by atoms with Crippen molar-refractivity contribution in [1.29, 1.82) is 0 Å². The van der Waals surface area contributed by atoms with Crippen molar-refractivity contribution in [2.75, 3.05) is 9.80 Å². The van der Waals surface area contributed by atoms with Gasteiger partial charge in [-0.3, -0.25) is 0 Å². The standard InChI is InChI=1S/C114H94N4/c1-112(2,3)89-68-96(115(92-52-34-54-94(74-92)117-106-60-26-22-56-98(106)99-57-23-27-61-107(99)117)110-102(85-48-30-44-81(64-85)77-36-14-10-15-37-77)70-90(113(4,5)6)71-103(110)86-49-31-45-82(65-86)78-38-16-11-17-39-78)76-97(69-89)116(93-53-35-55-95(75-93)118-108-62-28-24-58-100(108)101-59-25-29-63-109(101)118)111-104(87-50-32-46-83(66-87)79-40-18-12-19-41-79)72-91(114(7,8)9)73-105(111)88-51-33-47-84(67-88)80-42-20-13-21-43-80/h10-76H,1-9H3. The van der Waals surface area contributed by atoms with Crippen molar-refractivity contribution >= 4 is 77.7 Å². The second kappa shape index (κ2) is 30.3. The molecule has 570 valence electrons. The molecule has 118 heavy (non-hydrogen) atoms. The van der Waals surface area contributed by atoms with Crippen LogP contribution in [-0.4, -0.2) is 9.13 Å². The van der Waals surface area contributed by atoms with Gasteiger partial charge in [0.2, 0.25) is 0 Å². The average molecular weight is 1520 g/mol. The van der Waals surface area contributed by atoms with Gasteiger partial charge in [0.1, 0.15) is 0 Å². The first-order valence-corrected chi connectivity index (χ1v) is 41.4. The summed E-state index contributed by atoms with van der Waals surface area (Å²) in [5, 5.41) is 4.82. The van der Waals surface area contributed by atoms with E-state index in [9.17, 15) is 0 Å². The van der Waals surface area contributed by atoms with Gasteiger partial charge in [-0.1, -0.05) is 341 Å². The van der Waals surface area contributed by atoms with Crippen molar-refractivity contribution in [3.8, 4) is 100 Å². The van der Waals surface area contributed by atoms with E-state index in [1.165, 1.54) is 32.7 Å². The third-order valence-electron chi connectivity index (χ3n) is 23.7. The fourth-order valence-corrected chi connectivity index (χ4v) is 17.5. The molecule has 2 heterocycles. The van der Waals surface area contributed by atoms with Crippen molar-refractivity contribution in [2.45, 2.75) is 78.6 Å². The number of rotatable bonds is 16. The molecule has 0 unspecified atom stereocenters. The molecule has 0 aliphatic heterocycles. The Morgan fingerprint density at radius 3 is 0.678 bits per heavy atom. The van der Waals surface area contributed by atoms with Gasteiger partial charge in [0.05, 0.1) is 33.4 Å². The summed E-state index contributed by atoms with van der Waals surface area (Å²) in [4.78, 5) is 5.28. The highest BCUT2D eigenvalue weighted by atomic mass is 15.2. The molecule has 0 fully saturated rings. The third kappa shape index (κ3) is 14.0. The van der Waals surface area contributed by atoms with Gasteiger partial charge < -0.3 is 18.9 Å². The minimum absolute atomic E-state index is 0.288. The van der Waals surface area contributed by atoms with E-state index in [2.05, 4.69) is 488 Å². The van der Waals surface area contributed by atoms with Crippen LogP contribution in [0.15, 0.2) is 406 Å². The summed E-state index contributed by atoms with van der Waals surface area (Å²) in [6.07, 6.45) is 0. The summed E-state index contributed by atoms with van der Waals surface area (Å²) < 4.78 is 4.94. The maximum Gasteiger partial charge on any atom is 0.0618 e. The number of nitrogens with zero attached hydrogens (tertiary/aromatic N) is 4. The van der Waals surface area contributed by atoms with Crippen LogP contribution in [0, 0.1) is 0 Å². The van der Waals surface area contributed by atoms with Crippen LogP contribution in [0.2, 0.25) is 0 Å². The van der Waals surface area contributed by atoms with E-state index in [0.29, 0.717) is 0 Å². The summed E-state index contributed by atoms with van der Waals surface area (Å²) in [7, 11) is 0. The molecule has 0 spiro atoms. The molecule has 2 aromatic heterocycles. The van der Waals surface area contributed by atoms with E-state index in [0.717, 1.165) is 162 Å². The zero-order valence-corrected chi connectivity index (χ0v) is 68.5. The lowest BCUT2D eigenvalue weighted by molar-refractivity contribution is 0.590. The molecule has 0 radical (unpaired) electrons. The Hall–Kier alpha value is -14.1. The van der Waals surface area contributed by atoms with Crippen LogP contribution >= 0.6 is 0 Å². The van der Waals surface area contributed by atoms with Crippen LogP contribution < -0.4 is 9.80 Å². The maximum absolute atomic E-state index is 2.64. The van der Waals surface area contributed by atoms with Crippen LogP contribution in [0.3, 0.4) is 0 Å². The summed E-state index contributed by atoms with van der Waals surface area (Å²) in [6, 6.07) is 152. The van der Waals surface area contributed by atoms with Crippen LogP contribution in [0.25, 0.3) is 144 Å². The van der Waals surface area contributed by atoms with E-state index in [1.54, 1.807) is 0 Å². The van der Waals surface area contributed by atoms with E-state index < -0.39 is 5.41 Å². The minimum Gasteiger partial charge on any atom is -0.309 e. The molecule has 0 aliphatic rings. The van der Waals surface area contributed by atoms with E-state index in [1.807, 2.05) is 0 Å². The molecule has 0 amide bonds. The average Bonchev–Trinajstić information content (AvgIpc) is 0.818. The number of para-hydroxylation sites is 4. The number of hydrogen-bond acceptors (Lipinski definition) is 2. The van der Waals surface area contributed by atoms with Gasteiger partial charge in [-0.05, 0) is 227 Å². The number of aromatic nitrogens is 2. The number of hydrogen-bond donors (Lipinski definition) is 0. The normalized spacial score (nSPS) is 11.9. The molecule has 0 aliphatic carbocycles. The third-order valence-corrected chi connectivity index (χ3v) is 23.7. The fourth-order valence-electron chi connectivity index (χ4n) is 17.5. The van der Waals surface area contributed by atoms with Gasteiger partial charge in [0.15, 0.2) is 0 Å². The smallest absolute Gasteiger partial charge is 0.0618 e. The molecule has 17 aromatic carbocycles. The summed E-state index contributed by atoms with van der Waals surface area (Å²) in [5.74, 6) is 0. The Bertz CT molecular complexity index is 6250.